The molecule has 90 valence electrons. The van der Waals surface area contributed by atoms with Crippen molar-refractivity contribution in [1.29, 1.82) is 0 Å². The van der Waals surface area contributed by atoms with Gasteiger partial charge in [0.15, 0.2) is 0 Å². The number of thioether (sulfide) groups is 1. The van der Waals surface area contributed by atoms with E-state index < -0.39 is 0 Å². The molecule has 16 heavy (non-hydrogen) atoms. The second kappa shape index (κ2) is 7.96. The van der Waals surface area contributed by atoms with Crippen LogP contribution in [0.15, 0.2) is 16.7 Å². The predicted molar refractivity (Wildman–Crippen MR) is 77.4 cm³/mol. The van der Waals surface area contributed by atoms with Crippen LogP contribution in [0.5, 0.6) is 0 Å². The van der Waals surface area contributed by atoms with Gasteiger partial charge in [-0.1, -0.05) is 6.42 Å². The largest absolute Gasteiger partial charge is 0.369 e. The van der Waals surface area contributed by atoms with Crippen molar-refractivity contribution < 1.29 is 0 Å². The Labute approximate surface area is 111 Å². The number of halogens is 1. The van der Waals surface area contributed by atoms with E-state index in [1.165, 1.54) is 30.6 Å². The highest BCUT2D eigenvalue weighted by atomic mass is 79.9. The minimum Gasteiger partial charge on any atom is -0.369 e. The summed E-state index contributed by atoms with van der Waals surface area (Å²) in [5, 5.41) is 3.37. The molecular formula is C12H19BrN2S. The van der Waals surface area contributed by atoms with Gasteiger partial charge in [0.05, 0.1) is 4.47 Å². The summed E-state index contributed by atoms with van der Waals surface area (Å²) in [5.74, 6) is 2.23. The number of rotatable bonds is 7. The van der Waals surface area contributed by atoms with Crippen LogP contribution in [0.4, 0.5) is 5.82 Å². The molecule has 1 rings (SSSR count). The van der Waals surface area contributed by atoms with E-state index in [1.807, 2.05) is 24.0 Å². The Hall–Kier alpha value is -0.220. The maximum atomic E-state index is 4.31. The van der Waals surface area contributed by atoms with E-state index >= 15 is 0 Å². The SMILES string of the molecule is CSCCCCCNc1nccc(C)c1Br. The molecule has 0 spiro atoms. The summed E-state index contributed by atoms with van der Waals surface area (Å²) in [7, 11) is 0. The fourth-order valence-corrected chi connectivity index (χ4v) is 2.29. The third kappa shape index (κ3) is 4.74. The van der Waals surface area contributed by atoms with Gasteiger partial charge in [-0.05, 0) is 59.3 Å². The lowest BCUT2D eigenvalue weighted by molar-refractivity contribution is 0.748. The van der Waals surface area contributed by atoms with E-state index in [9.17, 15) is 0 Å². The second-order valence-corrected chi connectivity index (χ2v) is 5.55. The minimum absolute atomic E-state index is 0.963. The van der Waals surface area contributed by atoms with E-state index in [2.05, 4.69) is 39.4 Å². The van der Waals surface area contributed by atoms with Crippen molar-refractivity contribution in [3.63, 3.8) is 0 Å². The monoisotopic (exact) mass is 302 g/mol. The molecule has 0 radical (unpaired) electrons. The molecule has 0 saturated heterocycles. The zero-order valence-electron chi connectivity index (χ0n) is 9.92. The second-order valence-electron chi connectivity index (χ2n) is 3.77. The summed E-state index contributed by atoms with van der Waals surface area (Å²) in [4.78, 5) is 4.31. The molecule has 0 unspecified atom stereocenters. The van der Waals surface area contributed by atoms with Crippen molar-refractivity contribution in [2.45, 2.75) is 26.2 Å². The molecular weight excluding hydrogens is 284 g/mol. The molecule has 2 nitrogen and oxygen atoms in total. The third-order valence-electron chi connectivity index (χ3n) is 2.40. The van der Waals surface area contributed by atoms with Gasteiger partial charge >= 0.3 is 0 Å². The normalized spacial score (nSPS) is 10.4. The number of hydrogen-bond donors (Lipinski definition) is 1. The van der Waals surface area contributed by atoms with Crippen LogP contribution < -0.4 is 5.32 Å². The van der Waals surface area contributed by atoms with Crippen LogP contribution in [0.1, 0.15) is 24.8 Å². The Balaban J connectivity index is 2.24. The van der Waals surface area contributed by atoms with Gasteiger partial charge < -0.3 is 5.32 Å². The van der Waals surface area contributed by atoms with Crippen LogP contribution in [0.3, 0.4) is 0 Å². The minimum atomic E-state index is 0.963. The van der Waals surface area contributed by atoms with Gasteiger partial charge in [0, 0.05) is 12.7 Å². The Bertz CT molecular complexity index is 318. The van der Waals surface area contributed by atoms with Crippen LogP contribution in [-0.4, -0.2) is 23.5 Å². The molecule has 1 aromatic heterocycles. The topological polar surface area (TPSA) is 24.9 Å². The highest BCUT2D eigenvalue weighted by Gasteiger charge is 2.02. The van der Waals surface area contributed by atoms with Gasteiger partial charge in [-0.3, -0.25) is 0 Å². The highest BCUT2D eigenvalue weighted by molar-refractivity contribution is 9.10. The van der Waals surface area contributed by atoms with E-state index in [0.29, 0.717) is 0 Å². The summed E-state index contributed by atoms with van der Waals surface area (Å²) in [5.41, 5.74) is 1.22. The molecule has 0 aliphatic carbocycles. The fraction of sp³-hybridized carbons (Fsp3) is 0.583. The Morgan fingerprint density at radius 2 is 2.19 bits per heavy atom. The summed E-state index contributed by atoms with van der Waals surface area (Å²) >= 11 is 5.47. The van der Waals surface area contributed by atoms with Crippen molar-refractivity contribution in [3.05, 3.63) is 22.3 Å². The van der Waals surface area contributed by atoms with E-state index in [0.717, 1.165) is 16.8 Å². The molecule has 0 aromatic carbocycles. The molecule has 1 heterocycles. The van der Waals surface area contributed by atoms with Crippen molar-refractivity contribution in [2.75, 3.05) is 23.9 Å². The van der Waals surface area contributed by atoms with Crippen molar-refractivity contribution >= 4 is 33.5 Å². The zero-order chi connectivity index (χ0) is 11.8. The van der Waals surface area contributed by atoms with Crippen LogP contribution in [0, 0.1) is 6.92 Å². The Kier molecular flexibility index (Phi) is 6.88. The molecule has 0 bridgehead atoms. The lowest BCUT2D eigenvalue weighted by Crippen LogP contribution is -2.04. The van der Waals surface area contributed by atoms with E-state index in [4.69, 9.17) is 0 Å². The number of hydrogen-bond acceptors (Lipinski definition) is 3. The van der Waals surface area contributed by atoms with Gasteiger partial charge in [-0.15, -0.1) is 0 Å². The maximum absolute atomic E-state index is 4.31. The first-order valence-corrected chi connectivity index (χ1v) is 7.78. The Morgan fingerprint density at radius 3 is 2.94 bits per heavy atom. The summed E-state index contributed by atoms with van der Waals surface area (Å²) < 4.78 is 1.08. The molecule has 0 saturated carbocycles. The first kappa shape index (κ1) is 13.8. The van der Waals surface area contributed by atoms with Crippen molar-refractivity contribution in [1.82, 2.24) is 4.98 Å². The van der Waals surface area contributed by atoms with E-state index in [-0.39, 0.29) is 0 Å². The standard InChI is InChI=1S/C12H19BrN2S/c1-10-6-8-15-12(11(10)13)14-7-4-3-5-9-16-2/h6,8H,3-5,7,9H2,1-2H3,(H,14,15). The van der Waals surface area contributed by atoms with Gasteiger partial charge in [-0.2, -0.15) is 11.8 Å². The Morgan fingerprint density at radius 1 is 1.38 bits per heavy atom. The smallest absolute Gasteiger partial charge is 0.140 e. The molecule has 0 fully saturated rings. The molecule has 0 amide bonds. The van der Waals surface area contributed by atoms with Crippen LogP contribution in [-0.2, 0) is 0 Å². The quantitative estimate of drug-likeness (QED) is 0.768. The number of unbranched alkanes of at least 4 members (excludes halogenated alkanes) is 2. The van der Waals surface area contributed by atoms with E-state index in [1.54, 1.807) is 0 Å². The molecule has 1 N–H and O–H groups in total. The predicted octanol–water partition coefficient (Wildman–Crippen LogP) is 4.10. The van der Waals surface area contributed by atoms with Crippen molar-refractivity contribution in [2.24, 2.45) is 0 Å². The van der Waals surface area contributed by atoms with Gasteiger partial charge in [0.25, 0.3) is 0 Å². The van der Waals surface area contributed by atoms with Crippen LogP contribution in [0.2, 0.25) is 0 Å². The third-order valence-corrected chi connectivity index (χ3v) is 4.10. The summed E-state index contributed by atoms with van der Waals surface area (Å²) in [6, 6.07) is 2.01. The molecule has 0 aliphatic rings. The molecule has 0 atom stereocenters. The number of pyridine rings is 1. The van der Waals surface area contributed by atoms with Gasteiger partial charge in [0.1, 0.15) is 5.82 Å². The lowest BCUT2D eigenvalue weighted by Gasteiger charge is -2.08. The van der Waals surface area contributed by atoms with Gasteiger partial charge in [-0.25, -0.2) is 4.98 Å². The van der Waals surface area contributed by atoms with Crippen LogP contribution >= 0.6 is 27.7 Å². The number of nitrogens with zero attached hydrogens (tertiary/aromatic N) is 1. The first-order chi connectivity index (χ1) is 7.75. The number of aryl methyl sites for hydroxylation is 1. The number of anilines is 1. The van der Waals surface area contributed by atoms with Gasteiger partial charge in [0.2, 0.25) is 0 Å². The average Bonchev–Trinajstić information content (AvgIpc) is 2.29. The number of aromatic nitrogens is 1. The highest BCUT2D eigenvalue weighted by Crippen LogP contribution is 2.23. The summed E-state index contributed by atoms with van der Waals surface area (Å²) in [6.07, 6.45) is 7.81. The maximum Gasteiger partial charge on any atom is 0.140 e. The molecule has 0 aliphatic heterocycles. The molecule has 4 heteroatoms. The molecule has 1 aromatic rings. The first-order valence-electron chi connectivity index (χ1n) is 5.59. The number of nitrogens with one attached hydrogen (secondary N) is 1. The van der Waals surface area contributed by atoms with Crippen LogP contribution in [0.25, 0.3) is 0 Å². The average molecular weight is 303 g/mol. The lowest BCUT2D eigenvalue weighted by atomic mass is 10.2. The fourth-order valence-electron chi connectivity index (χ4n) is 1.42. The zero-order valence-corrected chi connectivity index (χ0v) is 12.3. The summed E-state index contributed by atoms with van der Waals surface area (Å²) in [6.45, 7) is 3.08. The van der Waals surface area contributed by atoms with Crippen molar-refractivity contribution in [3.8, 4) is 0 Å².